The molecule has 0 spiro atoms. The van der Waals surface area contributed by atoms with E-state index in [-0.39, 0.29) is 17.9 Å². The number of fused-ring (bicyclic) bond motifs is 1. The van der Waals surface area contributed by atoms with Crippen LogP contribution in [0.5, 0.6) is 11.5 Å². The van der Waals surface area contributed by atoms with Crippen LogP contribution in [0.15, 0.2) is 18.2 Å². The van der Waals surface area contributed by atoms with E-state index >= 15 is 0 Å². The SMILES string of the molecule is COc1ccc(OC)c2nc(N(C)C)c(CN(CC3CCCO3)C(=O)C(C)C)cc12. The number of nitrogens with zero attached hydrogens (tertiary/aromatic N) is 3. The molecule has 0 bridgehead atoms. The van der Waals surface area contributed by atoms with Gasteiger partial charge in [0.15, 0.2) is 0 Å². The zero-order valence-corrected chi connectivity index (χ0v) is 18.9. The molecule has 3 rings (SSSR count). The van der Waals surface area contributed by atoms with Gasteiger partial charge in [-0.1, -0.05) is 13.8 Å². The number of methoxy groups -OCH3 is 2. The van der Waals surface area contributed by atoms with Gasteiger partial charge in [0.05, 0.1) is 20.3 Å². The van der Waals surface area contributed by atoms with E-state index in [2.05, 4.69) is 6.07 Å². The molecule has 1 unspecified atom stereocenters. The van der Waals surface area contributed by atoms with Gasteiger partial charge in [-0.25, -0.2) is 4.98 Å². The lowest BCUT2D eigenvalue weighted by Crippen LogP contribution is -2.39. The molecular formula is C23H33N3O4. The lowest BCUT2D eigenvalue weighted by Gasteiger charge is -2.29. The number of rotatable bonds is 8. The molecule has 2 aromatic rings. The van der Waals surface area contributed by atoms with Crippen molar-refractivity contribution in [3.63, 3.8) is 0 Å². The van der Waals surface area contributed by atoms with Crippen molar-refractivity contribution in [1.29, 1.82) is 0 Å². The Morgan fingerprint density at radius 3 is 2.50 bits per heavy atom. The average Bonchev–Trinajstić information content (AvgIpc) is 3.24. The number of anilines is 1. The summed E-state index contributed by atoms with van der Waals surface area (Å²) in [5.74, 6) is 2.26. The van der Waals surface area contributed by atoms with E-state index in [1.165, 1.54) is 0 Å². The largest absolute Gasteiger partial charge is 0.496 e. The van der Waals surface area contributed by atoms with E-state index < -0.39 is 0 Å². The summed E-state index contributed by atoms with van der Waals surface area (Å²) in [5, 5.41) is 0.867. The van der Waals surface area contributed by atoms with E-state index in [1.54, 1.807) is 14.2 Å². The van der Waals surface area contributed by atoms with Crippen LogP contribution in [0.1, 0.15) is 32.3 Å². The maximum Gasteiger partial charge on any atom is 0.225 e. The van der Waals surface area contributed by atoms with Gasteiger partial charge in [-0.2, -0.15) is 0 Å². The van der Waals surface area contributed by atoms with Crippen LogP contribution in [-0.4, -0.2) is 63.4 Å². The number of ether oxygens (including phenoxy) is 3. The van der Waals surface area contributed by atoms with Gasteiger partial charge in [-0.3, -0.25) is 4.79 Å². The van der Waals surface area contributed by atoms with Crippen LogP contribution in [0.25, 0.3) is 10.9 Å². The molecule has 1 fully saturated rings. The van der Waals surface area contributed by atoms with Gasteiger partial charge in [0, 0.05) is 50.7 Å². The fraction of sp³-hybridized carbons (Fsp3) is 0.565. The van der Waals surface area contributed by atoms with Crippen LogP contribution in [0.2, 0.25) is 0 Å². The molecule has 2 heterocycles. The maximum atomic E-state index is 13.0. The summed E-state index contributed by atoms with van der Waals surface area (Å²) in [7, 11) is 7.20. The third kappa shape index (κ3) is 4.61. The molecule has 1 aromatic carbocycles. The second-order valence-electron chi connectivity index (χ2n) is 8.24. The second-order valence-corrected chi connectivity index (χ2v) is 8.24. The van der Waals surface area contributed by atoms with Crippen molar-refractivity contribution in [2.75, 3.05) is 46.4 Å². The molecule has 0 aliphatic carbocycles. The summed E-state index contributed by atoms with van der Waals surface area (Å²) in [6, 6.07) is 5.81. The Labute approximate surface area is 178 Å². The molecule has 0 saturated carbocycles. The molecule has 7 heteroatoms. The summed E-state index contributed by atoms with van der Waals surface area (Å²) < 4.78 is 16.9. The van der Waals surface area contributed by atoms with Crippen molar-refractivity contribution >= 4 is 22.6 Å². The van der Waals surface area contributed by atoms with Gasteiger partial charge in [0.1, 0.15) is 22.8 Å². The highest BCUT2D eigenvalue weighted by Crippen LogP contribution is 2.35. The van der Waals surface area contributed by atoms with Gasteiger partial charge in [-0.15, -0.1) is 0 Å². The quantitative estimate of drug-likeness (QED) is 0.658. The lowest BCUT2D eigenvalue weighted by molar-refractivity contribution is -0.136. The van der Waals surface area contributed by atoms with Crippen molar-refractivity contribution < 1.29 is 19.0 Å². The molecule has 0 N–H and O–H groups in total. The Kier molecular flexibility index (Phi) is 7.02. The topological polar surface area (TPSA) is 64.1 Å². The molecule has 1 aliphatic rings. The van der Waals surface area contributed by atoms with Crippen LogP contribution in [0.3, 0.4) is 0 Å². The fourth-order valence-corrected chi connectivity index (χ4v) is 3.92. The number of carbonyl (C=O) groups excluding carboxylic acids is 1. The second kappa shape index (κ2) is 9.51. The smallest absolute Gasteiger partial charge is 0.225 e. The van der Waals surface area contributed by atoms with E-state index in [0.717, 1.165) is 47.5 Å². The first-order chi connectivity index (χ1) is 14.3. The number of hydrogen-bond donors (Lipinski definition) is 0. The fourth-order valence-electron chi connectivity index (χ4n) is 3.92. The number of hydrogen-bond acceptors (Lipinski definition) is 6. The van der Waals surface area contributed by atoms with Crippen molar-refractivity contribution in [3.05, 3.63) is 23.8 Å². The first-order valence-corrected chi connectivity index (χ1v) is 10.5. The zero-order valence-electron chi connectivity index (χ0n) is 18.9. The Hall–Kier alpha value is -2.54. The summed E-state index contributed by atoms with van der Waals surface area (Å²) in [4.78, 5) is 21.8. The van der Waals surface area contributed by atoms with E-state index in [1.807, 2.05) is 49.9 Å². The number of pyridine rings is 1. The van der Waals surface area contributed by atoms with Gasteiger partial charge in [0.25, 0.3) is 0 Å². The molecule has 1 atom stereocenters. The first-order valence-electron chi connectivity index (χ1n) is 10.5. The zero-order chi connectivity index (χ0) is 21.8. The third-order valence-corrected chi connectivity index (χ3v) is 5.44. The Morgan fingerprint density at radius 2 is 1.93 bits per heavy atom. The standard InChI is InChI=1S/C23H33N3O4/c1-15(2)23(27)26(14-17-8-7-11-30-17)13-16-12-18-19(28-5)9-10-20(29-6)21(18)24-22(16)25(3)4/h9-10,12,15,17H,7-8,11,13-14H2,1-6H3. The first kappa shape index (κ1) is 22.2. The summed E-state index contributed by atoms with van der Waals surface area (Å²) >= 11 is 0. The monoisotopic (exact) mass is 415 g/mol. The number of benzene rings is 1. The molecule has 1 aliphatic heterocycles. The van der Waals surface area contributed by atoms with Crippen LogP contribution < -0.4 is 14.4 Å². The van der Waals surface area contributed by atoms with Crippen molar-refractivity contribution in [1.82, 2.24) is 9.88 Å². The Morgan fingerprint density at radius 1 is 1.23 bits per heavy atom. The molecular weight excluding hydrogens is 382 g/mol. The van der Waals surface area contributed by atoms with Crippen LogP contribution in [-0.2, 0) is 16.1 Å². The average molecular weight is 416 g/mol. The number of aromatic nitrogens is 1. The van der Waals surface area contributed by atoms with Gasteiger partial charge in [-0.05, 0) is 31.0 Å². The minimum atomic E-state index is -0.0859. The molecule has 7 nitrogen and oxygen atoms in total. The van der Waals surface area contributed by atoms with Crippen molar-refractivity contribution in [2.24, 2.45) is 5.92 Å². The van der Waals surface area contributed by atoms with Gasteiger partial charge < -0.3 is 24.0 Å². The van der Waals surface area contributed by atoms with E-state index in [9.17, 15) is 4.79 Å². The lowest BCUT2D eigenvalue weighted by atomic mass is 10.1. The van der Waals surface area contributed by atoms with Gasteiger partial charge in [0.2, 0.25) is 5.91 Å². The highest BCUT2D eigenvalue weighted by molar-refractivity contribution is 5.92. The Bertz CT molecular complexity index is 892. The molecule has 1 aromatic heterocycles. The Balaban J connectivity index is 2.06. The van der Waals surface area contributed by atoms with Crippen molar-refractivity contribution in [2.45, 2.75) is 39.3 Å². The predicted molar refractivity (Wildman–Crippen MR) is 118 cm³/mol. The van der Waals surface area contributed by atoms with Crippen LogP contribution in [0.4, 0.5) is 5.82 Å². The summed E-state index contributed by atoms with van der Waals surface area (Å²) in [6.45, 7) is 5.70. The minimum absolute atomic E-state index is 0.0859. The summed E-state index contributed by atoms with van der Waals surface area (Å²) in [6.07, 6.45) is 2.13. The van der Waals surface area contributed by atoms with Crippen LogP contribution >= 0.6 is 0 Å². The normalized spacial score (nSPS) is 16.2. The minimum Gasteiger partial charge on any atom is -0.496 e. The van der Waals surface area contributed by atoms with E-state index in [0.29, 0.717) is 18.8 Å². The molecule has 30 heavy (non-hydrogen) atoms. The molecule has 0 radical (unpaired) electrons. The predicted octanol–water partition coefficient (Wildman–Crippen LogP) is 3.48. The third-order valence-electron chi connectivity index (χ3n) is 5.44. The molecule has 1 saturated heterocycles. The highest BCUT2D eigenvalue weighted by Gasteiger charge is 2.26. The van der Waals surface area contributed by atoms with Crippen molar-refractivity contribution in [3.8, 4) is 11.5 Å². The highest BCUT2D eigenvalue weighted by atomic mass is 16.5. The summed E-state index contributed by atoms with van der Waals surface area (Å²) in [5.41, 5.74) is 1.70. The van der Waals surface area contributed by atoms with E-state index in [4.69, 9.17) is 19.2 Å². The molecule has 164 valence electrons. The van der Waals surface area contributed by atoms with Gasteiger partial charge >= 0.3 is 0 Å². The molecule has 1 amide bonds. The number of amides is 1. The maximum absolute atomic E-state index is 13.0. The van der Waals surface area contributed by atoms with Crippen LogP contribution in [0, 0.1) is 5.92 Å². The number of carbonyl (C=O) groups is 1.